The van der Waals surface area contributed by atoms with E-state index in [1.54, 1.807) is 12.3 Å². The zero-order valence-corrected chi connectivity index (χ0v) is 12.9. The summed E-state index contributed by atoms with van der Waals surface area (Å²) in [4.78, 5) is 13.6. The van der Waals surface area contributed by atoms with Gasteiger partial charge in [-0.2, -0.15) is 0 Å². The summed E-state index contributed by atoms with van der Waals surface area (Å²) in [6, 6.07) is 4.60. The van der Waals surface area contributed by atoms with Crippen molar-refractivity contribution in [2.45, 2.75) is 32.8 Å². The Kier molecular flexibility index (Phi) is 3.43. The molecule has 116 valence electrons. The molecule has 0 fully saturated rings. The summed E-state index contributed by atoms with van der Waals surface area (Å²) < 4.78 is 24.5. The molecule has 0 spiro atoms. The number of hydrogen-bond donors (Lipinski definition) is 0. The summed E-state index contributed by atoms with van der Waals surface area (Å²) >= 11 is 0. The minimum absolute atomic E-state index is 0.319. The number of amides is 1. The molecule has 1 aliphatic rings. The first-order valence-corrected chi connectivity index (χ1v) is 7.21. The van der Waals surface area contributed by atoms with Crippen LogP contribution < -0.4 is 0 Å². The largest absolute Gasteiger partial charge is 0.464 e. The molecule has 3 rings (SSSR count). The fourth-order valence-electron chi connectivity index (χ4n) is 2.51. The van der Waals surface area contributed by atoms with Crippen molar-refractivity contribution >= 4 is 22.6 Å². The van der Waals surface area contributed by atoms with E-state index in [9.17, 15) is 9.18 Å². The number of benzene rings is 1. The Bertz CT molecular complexity index is 755. The smallest absolute Gasteiger partial charge is 0.414 e. The second-order valence-corrected chi connectivity index (χ2v) is 6.37. The van der Waals surface area contributed by atoms with E-state index in [0.717, 1.165) is 5.57 Å². The first kappa shape index (κ1) is 14.6. The molecule has 0 aliphatic carbocycles. The molecule has 2 aromatic rings. The van der Waals surface area contributed by atoms with E-state index in [1.807, 2.05) is 20.8 Å². The second-order valence-electron chi connectivity index (χ2n) is 6.37. The Morgan fingerprint density at radius 1 is 1.36 bits per heavy atom. The zero-order valence-electron chi connectivity index (χ0n) is 12.9. The van der Waals surface area contributed by atoms with Crippen LogP contribution in [-0.2, 0) is 4.74 Å². The molecule has 0 saturated heterocycles. The van der Waals surface area contributed by atoms with E-state index in [1.165, 1.54) is 23.3 Å². The van der Waals surface area contributed by atoms with E-state index in [-0.39, 0.29) is 5.82 Å². The molecule has 22 heavy (non-hydrogen) atoms. The average Bonchev–Trinajstić information content (AvgIpc) is 3.04. The minimum atomic E-state index is -0.541. The normalized spacial score (nSPS) is 15.3. The van der Waals surface area contributed by atoms with Crippen molar-refractivity contribution in [3.63, 3.8) is 0 Å². The number of furan rings is 1. The average molecular weight is 303 g/mol. The monoisotopic (exact) mass is 303 g/mol. The number of hydrogen-bond acceptors (Lipinski definition) is 3. The molecule has 0 atom stereocenters. The Labute approximate surface area is 128 Å². The summed E-state index contributed by atoms with van der Waals surface area (Å²) in [5.74, 6) is -0.319. The van der Waals surface area contributed by atoms with Crippen molar-refractivity contribution in [3.8, 4) is 0 Å². The molecule has 1 aliphatic heterocycles. The summed E-state index contributed by atoms with van der Waals surface area (Å²) in [6.07, 6.45) is 3.49. The lowest BCUT2D eigenvalue weighted by Crippen LogP contribution is -2.32. The Morgan fingerprint density at radius 2 is 2.14 bits per heavy atom. The van der Waals surface area contributed by atoms with Gasteiger partial charge in [0.25, 0.3) is 0 Å². The number of carbonyl (C=O) groups is 1. The Morgan fingerprint density at radius 3 is 2.86 bits per heavy atom. The predicted molar refractivity (Wildman–Crippen MR) is 81.7 cm³/mol. The summed E-state index contributed by atoms with van der Waals surface area (Å²) in [7, 11) is 0. The maximum atomic E-state index is 13.7. The first-order chi connectivity index (χ1) is 10.3. The molecule has 0 N–H and O–H groups in total. The number of carbonyl (C=O) groups excluding carboxylic acids is 1. The highest BCUT2D eigenvalue weighted by molar-refractivity contribution is 5.91. The molecular weight excluding hydrogens is 285 g/mol. The lowest BCUT2D eigenvalue weighted by Gasteiger charge is -2.23. The van der Waals surface area contributed by atoms with Gasteiger partial charge in [0.15, 0.2) is 0 Å². The first-order valence-electron chi connectivity index (χ1n) is 7.21. The lowest BCUT2D eigenvalue weighted by atomic mass is 10.0. The van der Waals surface area contributed by atoms with E-state index in [4.69, 9.17) is 9.15 Å². The van der Waals surface area contributed by atoms with Gasteiger partial charge in [0, 0.05) is 23.7 Å². The number of halogens is 1. The van der Waals surface area contributed by atoms with Crippen LogP contribution in [0.2, 0.25) is 0 Å². The quantitative estimate of drug-likeness (QED) is 0.776. The molecule has 0 unspecified atom stereocenters. The third-order valence-corrected chi connectivity index (χ3v) is 3.42. The van der Waals surface area contributed by atoms with Gasteiger partial charge >= 0.3 is 6.09 Å². The summed E-state index contributed by atoms with van der Waals surface area (Å²) in [6.45, 7) is 5.99. The maximum Gasteiger partial charge on any atom is 0.414 e. The maximum absolute atomic E-state index is 13.7. The van der Waals surface area contributed by atoms with E-state index in [0.29, 0.717) is 29.5 Å². The summed E-state index contributed by atoms with van der Waals surface area (Å²) in [5.41, 5.74) is 1.65. The molecular formula is C17H18FNO3. The van der Waals surface area contributed by atoms with Crippen molar-refractivity contribution in [1.82, 2.24) is 4.90 Å². The molecule has 1 aromatic carbocycles. The van der Waals surface area contributed by atoms with Crippen LogP contribution in [0.4, 0.5) is 9.18 Å². The van der Waals surface area contributed by atoms with Crippen LogP contribution in [0.5, 0.6) is 0 Å². The molecule has 2 heterocycles. The van der Waals surface area contributed by atoms with Gasteiger partial charge in [-0.05, 0) is 51.0 Å². The van der Waals surface area contributed by atoms with Gasteiger partial charge in [-0.15, -0.1) is 0 Å². The number of fused-ring (bicyclic) bond motifs is 1. The van der Waals surface area contributed by atoms with E-state index in [2.05, 4.69) is 0 Å². The van der Waals surface area contributed by atoms with Crippen molar-refractivity contribution < 1.29 is 18.3 Å². The number of rotatable bonds is 1. The molecule has 0 bridgehead atoms. The second kappa shape index (κ2) is 5.16. The van der Waals surface area contributed by atoms with Gasteiger partial charge in [0.05, 0.1) is 6.26 Å². The highest BCUT2D eigenvalue weighted by Gasteiger charge is 2.26. The van der Waals surface area contributed by atoms with Gasteiger partial charge in [-0.1, -0.05) is 0 Å². The van der Waals surface area contributed by atoms with Crippen molar-refractivity contribution in [2.24, 2.45) is 0 Å². The topological polar surface area (TPSA) is 42.7 Å². The highest BCUT2D eigenvalue weighted by atomic mass is 19.1. The summed E-state index contributed by atoms with van der Waals surface area (Å²) in [5, 5.41) is 0.714. The standard InChI is InChI=1S/C17H18FNO3/c1-17(2,3)22-16(20)19-6-4-12(10-19)14-9-13(18)8-11-5-7-21-15(11)14/h5,7-10H,4,6H2,1-3H3. The third kappa shape index (κ3) is 2.84. The SMILES string of the molecule is CC(C)(C)OC(=O)N1C=C(c2cc(F)cc3ccoc23)CC1. The van der Waals surface area contributed by atoms with Crippen LogP contribution >= 0.6 is 0 Å². The van der Waals surface area contributed by atoms with Crippen LogP contribution in [-0.4, -0.2) is 23.1 Å². The van der Waals surface area contributed by atoms with Crippen molar-refractivity contribution in [1.29, 1.82) is 0 Å². The van der Waals surface area contributed by atoms with Crippen LogP contribution in [0.1, 0.15) is 32.8 Å². The van der Waals surface area contributed by atoms with E-state index >= 15 is 0 Å². The van der Waals surface area contributed by atoms with E-state index < -0.39 is 11.7 Å². The third-order valence-electron chi connectivity index (χ3n) is 3.42. The van der Waals surface area contributed by atoms with Crippen molar-refractivity contribution in [2.75, 3.05) is 6.54 Å². The van der Waals surface area contributed by atoms with Gasteiger partial charge in [-0.25, -0.2) is 9.18 Å². The van der Waals surface area contributed by atoms with Crippen LogP contribution in [0.15, 0.2) is 35.1 Å². The highest BCUT2D eigenvalue weighted by Crippen LogP contribution is 2.32. The van der Waals surface area contributed by atoms with Crippen LogP contribution in [0, 0.1) is 5.82 Å². The molecule has 4 nitrogen and oxygen atoms in total. The van der Waals surface area contributed by atoms with Crippen LogP contribution in [0.3, 0.4) is 0 Å². The van der Waals surface area contributed by atoms with Gasteiger partial charge in [0.2, 0.25) is 0 Å². The molecule has 1 aromatic heterocycles. The minimum Gasteiger partial charge on any atom is -0.464 e. The Hall–Kier alpha value is -2.30. The number of nitrogens with zero attached hydrogens (tertiary/aromatic N) is 1. The number of ether oxygens (including phenoxy) is 1. The van der Waals surface area contributed by atoms with Crippen LogP contribution in [0.25, 0.3) is 16.5 Å². The Balaban J connectivity index is 1.91. The van der Waals surface area contributed by atoms with Crippen molar-refractivity contribution in [3.05, 3.63) is 42.0 Å². The lowest BCUT2D eigenvalue weighted by molar-refractivity contribution is 0.0349. The molecule has 5 heteroatoms. The zero-order chi connectivity index (χ0) is 15.9. The fourth-order valence-corrected chi connectivity index (χ4v) is 2.51. The fraction of sp³-hybridized carbons (Fsp3) is 0.353. The molecule has 0 radical (unpaired) electrons. The molecule has 0 saturated carbocycles. The van der Waals surface area contributed by atoms with Gasteiger partial charge < -0.3 is 9.15 Å². The molecule has 1 amide bonds. The predicted octanol–water partition coefficient (Wildman–Crippen LogP) is 4.55. The van der Waals surface area contributed by atoms with Gasteiger partial charge in [-0.3, -0.25) is 4.90 Å². The van der Waals surface area contributed by atoms with Gasteiger partial charge in [0.1, 0.15) is 17.0 Å².